The molecule has 0 radical (unpaired) electrons. The minimum absolute atomic E-state index is 0.317. The molecule has 0 fully saturated rings. The molecule has 0 amide bonds. The Morgan fingerprint density at radius 3 is 3.05 bits per heavy atom. The lowest BCUT2D eigenvalue weighted by molar-refractivity contribution is 0.572. The molecule has 0 spiro atoms. The maximum atomic E-state index is 4.18. The third-order valence-corrected chi connectivity index (χ3v) is 4.29. The van der Waals surface area contributed by atoms with Gasteiger partial charge in [0.2, 0.25) is 0 Å². The highest BCUT2D eigenvalue weighted by atomic mass is 15.1. The maximum absolute atomic E-state index is 4.18. The van der Waals surface area contributed by atoms with Gasteiger partial charge in [-0.1, -0.05) is 18.2 Å². The van der Waals surface area contributed by atoms with Crippen LogP contribution < -0.4 is 10.2 Å². The van der Waals surface area contributed by atoms with E-state index in [1.54, 1.807) is 0 Å². The molecule has 1 aliphatic heterocycles. The van der Waals surface area contributed by atoms with Gasteiger partial charge in [0.05, 0.1) is 0 Å². The monoisotopic (exact) mass is 281 g/mol. The topological polar surface area (TPSA) is 28.2 Å². The number of hydrogen-bond acceptors (Lipinski definition) is 3. The van der Waals surface area contributed by atoms with Crippen molar-refractivity contribution in [3.05, 3.63) is 59.4 Å². The first-order valence-corrected chi connectivity index (χ1v) is 7.70. The summed E-state index contributed by atoms with van der Waals surface area (Å²) in [5.41, 5.74) is 5.47. The lowest BCUT2D eigenvalue weighted by Gasteiger charge is -2.28. The standard InChI is InChI=1S/C18H23N3/c1-14(17-5-3-9-19-13-17)20-12-15-7-8-18-16(11-15)6-4-10-21(18)2/h3,5,7-9,11,13-14,20H,4,6,10,12H2,1-2H3/t14-/m0/s1. The van der Waals surface area contributed by atoms with Crippen LogP contribution >= 0.6 is 0 Å². The molecule has 0 bridgehead atoms. The van der Waals surface area contributed by atoms with Gasteiger partial charge in [-0.25, -0.2) is 0 Å². The Hall–Kier alpha value is -1.87. The number of nitrogens with one attached hydrogen (secondary N) is 1. The molecule has 0 saturated carbocycles. The van der Waals surface area contributed by atoms with E-state index in [4.69, 9.17) is 0 Å². The average molecular weight is 281 g/mol. The predicted octanol–water partition coefficient (Wildman–Crippen LogP) is 3.31. The molecule has 3 rings (SSSR count). The summed E-state index contributed by atoms with van der Waals surface area (Å²) in [6.45, 7) is 4.25. The van der Waals surface area contributed by atoms with Gasteiger partial charge < -0.3 is 10.2 Å². The van der Waals surface area contributed by atoms with Crippen molar-refractivity contribution >= 4 is 5.69 Å². The Balaban J connectivity index is 1.66. The van der Waals surface area contributed by atoms with E-state index in [1.165, 1.54) is 41.8 Å². The molecule has 1 aromatic carbocycles. The summed E-state index contributed by atoms with van der Waals surface area (Å²) in [4.78, 5) is 6.54. The first-order chi connectivity index (χ1) is 10.2. The second-order valence-corrected chi connectivity index (χ2v) is 5.88. The number of nitrogens with zero attached hydrogens (tertiary/aromatic N) is 2. The number of rotatable bonds is 4. The van der Waals surface area contributed by atoms with Gasteiger partial charge in [0.25, 0.3) is 0 Å². The van der Waals surface area contributed by atoms with E-state index in [0.29, 0.717) is 6.04 Å². The van der Waals surface area contributed by atoms with Crippen molar-refractivity contribution < 1.29 is 0 Å². The van der Waals surface area contributed by atoms with Gasteiger partial charge in [-0.05, 0) is 48.6 Å². The normalized spacial score (nSPS) is 15.6. The molecular formula is C18H23N3. The Kier molecular flexibility index (Phi) is 4.20. The minimum Gasteiger partial charge on any atom is -0.374 e. The number of hydrogen-bond donors (Lipinski definition) is 1. The van der Waals surface area contributed by atoms with E-state index in [2.05, 4.69) is 53.4 Å². The fraction of sp³-hybridized carbons (Fsp3) is 0.389. The van der Waals surface area contributed by atoms with E-state index in [0.717, 1.165) is 6.54 Å². The smallest absolute Gasteiger partial charge is 0.0396 e. The molecule has 1 atom stereocenters. The van der Waals surface area contributed by atoms with Gasteiger partial charge in [-0.3, -0.25) is 4.98 Å². The van der Waals surface area contributed by atoms with Gasteiger partial charge in [0, 0.05) is 44.3 Å². The van der Waals surface area contributed by atoms with Crippen LogP contribution in [0.25, 0.3) is 0 Å². The van der Waals surface area contributed by atoms with Gasteiger partial charge in [0.1, 0.15) is 0 Å². The fourth-order valence-electron chi connectivity index (χ4n) is 2.97. The SMILES string of the molecule is C[C@H](NCc1ccc2c(c1)CCCN2C)c1cccnc1. The molecule has 0 unspecified atom stereocenters. The Morgan fingerprint density at radius 2 is 2.24 bits per heavy atom. The average Bonchev–Trinajstić information content (AvgIpc) is 2.53. The quantitative estimate of drug-likeness (QED) is 0.932. The first-order valence-electron chi connectivity index (χ1n) is 7.70. The molecule has 2 heterocycles. The summed E-state index contributed by atoms with van der Waals surface area (Å²) >= 11 is 0. The Morgan fingerprint density at radius 1 is 1.33 bits per heavy atom. The van der Waals surface area contributed by atoms with Gasteiger partial charge in [-0.2, -0.15) is 0 Å². The number of pyridine rings is 1. The van der Waals surface area contributed by atoms with Crippen LogP contribution in [0.2, 0.25) is 0 Å². The summed E-state index contributed by atoms with van der Waals surface area (Å²) < 4.78 is 0. The molecule has 1 N–H and O–H groups in total. The molecule has 0 saturated heterocycles. The van der Waals surface area contributed by atoms with Crippen molar-refractivity contribution in [2.45, 2.75) is 32.4 Å². The lowest BCUT2D eigenvalue weighted by Crippen LogP contribution is -2.25. The minimum atomic E-state index is 0.317. The zero-order valence-corrected chi connectivity index (χ0v) is 12.8. The van der Waals surface area contributed by atoms with Crippen LogP contribution in [-0.2, 0) is 13.0 Å². The van der Waals surface area contributed by atoms with Crippen LogP contribution in [0.5, 0.6) is 0 Å². The largest absolute Gasteiger partial charge is 0.374 e. The van der Waals surface area contributed by atoms with Crippen LogP contribution in [-0.4, -0.2) is 18.6 Å². The number of fused-ring (bicyclic) bond motifs is 1. The lowest BCUT2D eigenvalue weighted by atomic mass is 9.99. The van der Waals surface area contributed by atoms with Crippen molar-refractivity contribution in [1.29, 1.82) is 0 Å². The zero-order valence-electron chi connectivity index (χ0n) is 12.8. The number of anilines is 1. The van der Waals surface area contributed by atoms with E-state index in [-0.39, 0.29) is 0 Å². The third-order valence-electron chi connectivity index (χ3n) is 4.29. The Labute approximate surface area is 127 Å². The molecule has 0 aliphatic carbocycles. The molecule has 21 heavy (non-hydrogen) atoms. The molecule has 2 aromatic rings. The van der Waals surface area contributed by atoms with E-state index < -0.39 is 0 Å². The van der Waals surface area contributed by atoms with Gasteiger partial charge in [0.15, 0.2) is 0 Å². The molecule has 3 nitrogen and oxygen atoms in total. The number of benzene rings is 1. The summed E-state index contributed by atoms with van der Waals surface area (Å²) in [6.07, 6.45) is 6.20. The highest BCUT2D eigenvalue weighted by Crippen LogP contribution is 2.26. The van der Waals surface area contributed by atoms with E-state index >= 15 is 0 Å². The second-order valence-electron chi connectivity index (χ2n) is 5.88. The number of aryl methyl sites for hydroxylation is 1. The summed E-state index contributed by atoms with van der Waals surface area (Å²) in [6, 6.07) is 11.3. The summed E-state index contributed by atoms with van der Waals surface area (Å²) in [5.74, 6) is 0. The molecule has 3 heteroatoms. The third kappa shape index (κ3) is 3.24. The van der Waals surface area contributed by atoms with Crippen molar-refractivity contribution in [2.75, 3.05) is 18.5 Å². The highest BCUT2D eigenvalue weighted by molar-refractivity contribution is 5.56. The van der Waals surface area contributed by atoms with Crippen molar-refractivity contribution in [3.63, 3.8) is 0 Å². The zero-order chi connectivity index (χ0) is 14.7. The van der Waals surface area contributed by atoms with Crippen molar-refractivity contribution in [2.24, 2.45) is 0 Å². The Bertz CT molecular complexity index is 595. The van der Waals surface area contributed by atoms with E-state index in [1.807, 2.05) is 18.5 Å². The first kappa shape index (κ1) is 14.1. The van der Waals surface area contributed by atoms with Crippen molar-refractivity contribution in [3.8, 4) is 0 Å². The highest BCUT2D eigenvalue weighted by Gasteiger charge is 2.13. The second kappa shape index (κ2) is 6.27. The van der Waals surface area contributed by atoms with Crippen LogP contribution in [0, 0.1) is 0 Å². The van der Waals surface area contributed by atoms with Crippen LogP contribution in [0.15, 0.2) is 42.7 Å². The molecule has 1 aromatic heterocycles. The van der Waals surface area contributed by atoms with Crippen LogP contribution in [0.4, 0.5) is 5.69 Å². The van der Waals surface area contributed by atoms with E-state index in [9.17, 15) is 0 Å². The van der Waals surface area contributed by atoms with Gasteiger partial charge in [-0.15, -0.1) is 0 Å². The van der Waals surface area contributed by atoms with Crippen LogP contribution in [0.1, 0.15) is 36.1 Å². The summed E-state index contributed by atoms with van der Waals surface area (Å²) in [7, 11) is 2.18. The predicted molar refractivity (Wildman–Crippen MR) is 87.5 cm³/mol. The molecular weight excluding hydrogens is 258 g/mol. The van der Waals surface area contributed by atoms with Crippen LogP contribution in [0.3, 0.4) is 0 Å². The fourth-order valence-corrected chi connectivity index (χ4v) is 2.97. The molecule has 110 valence electrons. The number of aromatic nitrogens is 1. The van der Waals surface area contributed by atoms with Crippen molar-refractivity contribution in [1.82, 2.24) is 10.3 Å². The summed E-state index contributed by atoms with van der Waals surface area (Å²) in [5, 5.41) is 3.58. The van der Waals surface area contributed by atoms with Gasteiger partial charge >= 0.3 is 0 Å². The molecule has 1 aliphatic rings. The maximum Gasteiger partial charge on any atom is 0.0396 e.